The van der Waals surface area contributed by atoms with E-state index in [4.69, 9.17) is 0 Å². The summed E-state index contributed by atoms with van der Waals surface area (Å²) < 4.78 is 0. The minimum atomic E-state index is 0.0896. The Morgan fingerprint density at radius 1 is 1.29 bits per heavy atom. The van der Waals surface area contributed by atoms with E-state index in [1.54, 1.807) is 24.2 Å². The van der Waals surface area contributed by atoms with Crippen LogP contribution >= 0.6 is 11.8 Å². The summed E-state index contributed by atoms with van der Waals surface area (Å²) in [4.78, 5) is 4.04. The van der Waals surface area contributed by atoms with E-state index in [0.29, 0.717) is 5.92 Å². The standard InChI is InChI=1S/C11H15N5S/c1-7(2)10-15-16-9(13-14-11(16)17-10)8-3-5-12-6-4-8/h3-7,9,11,13-14H,1-2H3. The van der Waals surface area contributed by atoms with Crippen LogP contribution in [0.3, 0.4) is 0 Å². The van der Waals surface area contributed by atoms with Crippen molar-refractivity contribution in [3.8, 4) is 0 Å². The lowest BCUT2D eigenvalue weighted by Gasteiger charge is -2.19. The second-order valence-electron chi connectivity index (χ2n) is 4.41. The van der Waals surface area contributed by atoms with Crippen LogP contribution in [0, 0.1) is 5.92 Å². The Labute approximate surface area is 105 Å². The highest BCUT2D eigenvalue weighted by atomic mass is 32.2. The molecule has 0 bridgehead atoms. The van der Waals surface area contributed by atoms with Crippen molar-refractivity contribution in [1.29, 1.82) is 0 Å². The van der Waals surface area contributed by atoms with Crippen LogP contribution in [0.15, 0.2) is 29.6 Å². The predicted octanol–water partition coefficient (Wildman–Crippen LogP) is 1.49. The topological polar surface area (TPSA) is 52.5 Å². The van der Waals surface area contributed by atoms with E-state index >= 15 is 0 Å². The lowest BCUT2D eigenvalue weighted by molar-refractivity contribution is 0.246. The predicted molar refractivity (Wildman–Crippen MR) is 68.7 cm³/mol. The molecule has 1 aromatic rings. The highest BCUT2D eigenvalue weighted by molar-refractivity contribution is 8.14. The summed E-state index contributed by atoms with van der Waals surface area (Å²) in [5.74, 6) is 0.477. The monoisotopic (exact) mass is 249 g/mol. The van der Waals surface area contributed by atoms with Gasteiger partial charge in [-0.15, -0.1) is 0 Å². The lowest BCUT2D eigenvalue weighted by Crippen LogP contribution is -2.29. The molecular weight excluding hydrogens is 234 g/mol. The zero-order valence-electron chi connectivity index (χ0n) is 9.79. The Bertz CT molecular complexity index is 433. The first-order chi connectivity index (χ1) is 8.25. The van der Waals surface area contributed by atoms with Crippen molar-refractivity contribution < 1.29 is 0 Å². The molecule has 2 N–H and O–H groups in total. The smallest absolute Gasteiger partial charge is 0.164 e. The highest BCUT2D eigenvalue weighted by Crippen LogP contribution is 2.36. The van der Waals surface area contributed by atoms with Crippen LogP contribution in [0.5, 0.6) is 0 Å². The van der Waals surface area contributed by atoms with E-state index in [-0.39, 0.29) is 11.7 Å². The maximum atomic E-state index is 4.67. The van der Waals surface area contributed by atoms with Gasteiger partial charge in [-0.25, -0.2) is 15.9 Å². The largest absolute Gasteiger partial charge is 0.265 e. The summed E-state index contributed by atoms with van der Waals surface area (Å²) >= 11 is 1.77. The van der Waals surface area contributed by atoms with Crippen molar-refractivity contribution in [2.24, 2.45) is 11.0 Å². The Morgan fingerprint density at radius 3 is 2.76 bits per heavy atom. The molecule has 0 spiro atoms. The fourth-order valence-corrected chi connectivity index (χ4v) is 2.94. The number of nitrogens with one attached hydrogen (secondary N) is 2. The van der Waals surface area contributed by atoms with E-state index < -0.39 is 0 Å². The molecule has 0 amide bonds. The van der Waals surface area contributed by atoms with Crippen molar-refractivity contribution in [3.05, 3.63) is 30.1 Å². The van der Waals surface area contributed by atoms with Crippen LogP contribution in [0.1, 0.15) is 25.6 Å². The number of hydrazine groups is 1. The zero-order valence-corrected chi connectivity index (χ0v) is 10.6. The van der Waals surface area contributed by atoms with Gasteiger partial charge in [0.15, 0.2) is 5.50 Å². The van der Waals surface area contributed by atoms with E-state index in [0.717, 1.165) is 0 Å². The Hall–Kier alpha value is -1.11. The molecular formula is C11H15N5S. The molecule has 3 heterocycles. The van der Waals surface area contributed by atoms with Gasteiger partial charge in [0.25, 0.3) is 0 Å². The molecule has 0 radical (unpaired) electrons. The van der Waals surface area contributed by atoms with Crippen LogP contribution in [0.2, 0.25) is 0 Å². The van der Waals surface area contributed by atoms with Gasteiger partial charge in [-0.1, -0.05) is 25.6 Å². The van der Waals surface area contributed by atoms with Crippen molar-refractivity contribution in [2.75, 3.05) is 0 Å². The Kier molecular flexibility index (Phi) is 2.78. The van der Waals surface area contributed by atoms with Gasteiger partial charge in [0.1, 0.15) is 6.17 Å². The average molecular weight is 249 g/mol. The van der Waals surface area contributed by atoms with Crippen LogP contribution in [0.4, 0.5) is 0 Å². The van der Waals surface area contributed by atoms with E-state index in [9.17, 15) is 0 Å². The van der Waals surface area contributed by atoms with Crippen LogP contribution in [-0.4, -0.2) is 20.5 Å². The fraction of sp³-hybridized carbons (Fsp3) is 0.455. The molecule has 3 rings (SSSR count). The maximum Gasteiger partial charge on any atom is 0.164 e. The van der Waals surface area contributed by atoms with Crippen molar-refractivity contribution in [2.45, 2.75) is 25.5 Å². The van der Waals surface area contributed by atoms with E-state index in [1.165, 1.54) is 10.6 Å². The van der Waals surface area contributed by atoms with Crippen LogP contribution < -0.4 is 10.9 Å². The molecule has 0 saturated carbocycles. The third-order valence-electron chi connectivity index (χ3n) is 2.81. The van der Waals surface area contributed by atoms with Gasteiger partial charge in [0.05, 0.1) is 5.04 Å². The number of rotatable bonds is 2. The fourth-order valence-electron chi connectivity index (χ4n) is 1.90. The minimum Gasteiger partial charge on any atom is -0.265 e. The Balaban J connectivity index is 1.85. The summed E-state index contributed by atoms with van der Waals surface area (Å²) in [7, 11) is 0. The molecule has 1 aromatic heterocycles. The van der Waals surface area contributed by atoms with Crippen molar-refractivity contribution in [1.82, 2.24) is 20.8 Å². The highest BCUT2D eigenvalue weighted by Gasteiger charge is 2.39. The number of nitrogens with zero attached hydrogens (tertiary/aromatic N) is 3. The van der Waals surface area contributed by atoms with Crippen LogP contribution in [-0.2, 0) is 0 Å². The maximum absolute atomic E-state index is 4.67. The molecule has 17 heavy (non-hydrogen) atoms. The molecule has 0 aliphatic carbocycles. The minimum absolute atomic E-state index is 0.0896. The molecule has 90 valence electrons. The van der Waals surface area contributed by atoms with Gasteiger partial charge < -0.3 is 0 Å². The lowest BCUT2D eigenvalue weighted by atomic mass is 10.2. The number of fused-ring (bicyclic) bond motifs is 1. The molecule has 0 aromatic carbocycles. The molecule has 1 fully saturated rings. The van der Waals surface area contributed by atoms with Gasteiger partial charge in [0, 0.05) is 18.3 Å². The van der Waals surface area contributed by atoms with Gasteiger partial charge in [-0.2, -0.15) is 5.10 Å². The molecule has 2 atom stereocenters. The number of hydrazone groups is 1. The molecule has 2 aliphatic rings. The molecule has 6 heteroatoms. The summed E-state index contributed by atoms with van der Waals surface area (Å²) in [5.41, 5.74) is 7.88. The van der Waals surface area contributed by atoms with Gasteiger partial charge in [-0.05, 0) is 17.7 Å². The summed E-state index contributed by atoms with van der Waals surface area (Å²) in [5, 5.41) is 7.94. The quantitative estimate of drug-likeness (QED) is 0.831. The van der Waals surface area contributed by atoms with Crippen LogP contribution in [0.25, 0.3) is 0 Å². The number of pyridine rings is 1. The summed E-state index contributed by atoms with van der Waals surface area (Å²) in [6, 6.07) is 4.02. The number of thioether (sulfide) groups is 1. The number of hydrogen-bond donors (Lipinski definition) is 2. The summed E-state index contributed by atoms with van der Waals surface area (Å²) in [6.45, 7) is 4.34. The van der Waals surface area contributed by atoms with E-state index in [2.05, 4.69) is 39.8 Å². The van der Waals surface area contributed by atoms with Crippen molar-refractivity contribution in [3.63, 3.8) is 0 Å². The normalized spacial score (nSPS) is 27.5. The van der Waals surface area contributed by atoms with Gasteiger partial charge >= 0.3 is 0 Å². The second-order valence-corrected chi connectivity index (χ2v) is 5.52. The first-order valence-electron chi connectivity index (χ1n) is 5.70. The Morgan fingerprint density at radius 2 is 2.06 bits per heavy atom. The summed E-state index contributed by atoms with van der Waals surface area (Å²) in [6.07, 6.45) is 3.70. The molecule has 5 nitrogen and oxygen atoms in total. The first kappa shape index (κ1) is 11.0. The first-order valence-corrected chi connectivity index (χ1v) is 6.58. The molecule has 2 unspecified atom stereocenters. The van der Waals surface area contributed by atoms with E-state index in [1.807, 2.05) is 12.1 Å². The third-order valence-corrected chi connectivity index (χ3v) is 4.16. The molecule has 2 aliphatic heterocycles. The molecule has 1 saturated heterocycles. The zero-order chi connectivity index (χ0) is 11.8. The van der Waals surface area contributed by atoms with Gasteiger partial charge in [-0.3, -0.25) is 4.98 Å². The number of aromatic nitrogens is 1. The SMILES string of the molecule is CC(C)C1=NN2C(NNC2c2ccncc2)S1. The number of hydrogen-bond acceptors (Lipinski definition) is 6. The second kappa shape index (κ2) is 4.29. The third kappa shape index (κ3) is 1.92. The van der Waals surface area contributed by atoms with Gasteiger partial charge in [0.2, 0.25) is 0 Å². The average Bonchev–Trinajstić information content (AvgIpc) is 2.89. The van der Waals surface area contributed by atoms with Crippen molar-refractivity contribution >= 4 is 16.8 Å².